The number of piperazine rings is 3. The van der Waals surface area contributed by atoms with Gasteiger partial charge >= 0.3 is 8.56 Å². The molecule has 3 fully saturated rings. The zero-order chi connectivity index (χ0) is 17.0. The maximum absolute atomic E-state index is 3.56. The van der Waals surface area contributed by atoms with Gasteiger partial charge in [0.05, 0.1) is 0 Å². The fraction of sp³-hybridized carbons (Fsp3) is 0.667. The fourth-order valence-corrected chi connectivity index (χ4v) is 10.2. The molecule has 3 saturated heterocycles. The Balaban J connectivity index is 1.79. The molecule has 25 heavy (non-hydrogen) atoms. The zero-order valence-corrected chi connectivity index (χ0v) is 16.2. The molecular formula is C18H32N6Si. The van der Waals surface area contributed by atoms with E-state index in [0.717, 1.165) is 78.5 Å². The summed E-state index contributed by atoms with van der Waals surface area (Å²) in [6.07, 6.45) is 0. The van der Waals surface area contributed by atoms with Crippen molar-refractivity contribution in [3.05, 3.63) is 30.3 Å². The molecule has 1 aromatic carbocycles. The van der Waals surface area contributed by atoms with Crippen molar-refractivity contribution < 1.29 is 0 Å². The molecule has 0 aromatic heterocycles. The Labute approximate surface area is 152 Å². The molecule has 0 amide bonds. The van der Waals surface area contributed by atoms with Gasteiger partial charge in [-0.1, -0.05) is 30.3 Å². The summed E-state index contributed by atoms with van der Waals surface area (Å²) < 4.78 is 8.61. The molecule has 3 aliphatic heterocycles. The van der Waals surface area contributed by atoms with Gasteiger partial charge < -0.3 is 16.0 Å². The summed E-state index contributed by atoms with van der Waals surface area (Å²) in [7, 11) is -2.09. The SMILES string of the molecule is c1ccc([Si](N2CCNCC2)(N2CCNCC2)N2CCNCC2)cc1. The van der Waals surface area contributed by atoms with Crippen LogP contribution in [0, 0.1) is 0 Å². The number of rotatable bonds is 4. The highest BCUT2D eigenvalue weighted by molar-refractivity contribution is 6.84. The minimum atomic E-state index is -2.09. The molecule has 4 rings (SSSR count). The lowest BCUT2D eigenvalue weighted by Crippen LogP contribution is -2.85. The van der Waals surface area contributed by atoms with Crippen LogP contribution in [0.25, 0.3) is 0 Å². The first-order valence-corrected chi connectivity index (χ1v) is 11.7. The van der Waals surface area contributed by atoms with Crippen molar-refractivity contribution in [2.75, 3.05) is 78.5 Å². The fourth-order valence-electron chi connectivity index (χ4n) is 4.74. The standard InChI is InChI=1S/C18H32N6Si/c1-2-4-18(5-3-1)25(22-12-6-19-7-13-22,23-14-8-20-9-15-23)24-16-10-21-11-17-24/h1-5,19-21H,6-17H2. The third-order valence-corrected chi connectivity index (χ3v) is 10.9. The first-order valence-electron chi connectivity index (χ1n) is 9.85. The molecule has 0 radical (unpaired) electrons. The lowest BCUT2D eigenvalue weighted by Gasteiger charge is -2.57. The van der Waals surface area contributed by atoms with Gasteiger partial charge in [0.25, 0.3) is 0 Å². The highest BCUT2D eigenvalue weighted by Crippen LogP contribution is 2.23. The molecule has 3 heterocycles. The molecule has 0 atom stereocenters. The van der Waals surface area contributed by atoms with Gasteiger partial charge in [0, 0.05) is 78.5 Å². The molecule has 3 N–H and O–H groups in total. The van der Waals surface area contributed by atoms with Crippen LogP contribution in [0.4, 0.5) is 0 Å². The van der Waals surface area contributed by atoms with Gasteiger partial charge in [0.15, 0.2) is 0 Å². The molecular weight excluding hydrogens is 328 g/mol. The number of hydrogen-bond donors (Lipinski definition) is 3. The van der Waals surface area contributed by atoms with E-state index in [1.165, 1.54) is 0 Å². The van der Waals surface area contributed by atoms with Gasteiger partial charge in [-0.3, -0.25) is 13.7 Å². The van der Waals surface area contributed by atoms with E-state index in [1.54, 1.807) is 5.19 Å². The maximum atomic E-state index is 3.56. The summed E-state index contributed by atoms with van der Waals surface area (Å²) >= 11 is 0. The van der Waals surface area contributed by atoms with Crippen molar-refractivity contribution >= 4 is 13.7 Å². The van der Waals surface area contributed by atoms with Gasteiger partial charge in [0.2, 0.25) is 0 Å². The maximum Gasteiger partial charge on any atom is 0.323 e. The number of hydrogen-bond acceptors (Lipinski definition) is 6. The second kappa shape index (κ2) is 8.26. The Kier molecular flexibility index (Phi) is 5.82. The van der Waals surface area contributed by atoms with Crippen LogP contribution >= 0.6 is 0 Å². The average molecular weight is 361 g/mol. The van der Waals surface area contributed by atoms with Crippen molar-refractivity contribution in [2.45, 2.75) is 0 Å². The molecule has 7 heteroatoms. The van der Waals surface area contributed by atoms with Crippen molar-refractivity contribution in [3.63, 3.8) is 0 Å². The third-order valence-electron chi connectivity index (χ3n) is 5.83. The van der Waals surface area contributed by atoms with Gasteiger partial charge in [-0.05, 0) is 5.19 Å². The van der Waals surface area contributed by atoms with E-state index in [-0.39, 0.29) is 0 Å². The Bertz CT molecular complexity index is 478. The minimum Gasteiger partial charge on any atom is -0.314 e. The van der Waals surface area contributed by atoms with Gasteiger partial charge in [0.1, 0.15) is 0 Å². The van der Waals surface area contributed by atoms with Crippen LogP contribution in [-0.2, 0) is 0 Å². The Morgan fingerprint density at radius 1 is 0.560 bits per heavy atom. The van der Waals surface area contributed by atoms with Crippen LogP contribution in [-0.4, -0.2) is 101 Å². The van der Waals surface area contributed by atoms with E-state index in [0.29, 0.717) is 0 Å². The van der Waals surface area contributed by atoms with Crippen LogP contribution in [0.1, 0.15) is 0 Å². The summed E-state index contributed by atoms with van der Waals surface area (Å²) in [6.45, 7) is 13.6. The predicted octanol–water partition coefficient (Wildman–Crippen LogP) is -1.45. The smallest absolute Gasteiger partial charge is 0.314 e. The Morgan fingerprint density at radius 3 is 1.28 bits per heavy atom. The highest BCUT2D eigenvalue weighted by Gasteiger charge is 2.53. The minimum absolute atomic E-state index is 1.11. The molecule has 1 aromatic rings. The predicted molar refractivity (Wildman–Crippen MR) is 105 cm³/mol. The van der Waals surface area contributed by atoms with Crippen molar-refractivity contribution in [1.29, 1.82) is 0 Å². The number of benzene rings is 1. The van der Waals surface area contributed by atoms with Crippen LogP contribution in [0.3, 0.4) is 0 Å². The second-order valence-electron chi connectivity index (χ2n) is 7.21. The lowest BCUT2D eigenvalue weighted by molar-refractivity contribution is 0.210. The van der Waals surface area contributed by atoms with Crippen molar-refractivity contribution in [3.8, 4) is 0 Å². The Morgan fingerprint density at radius 2 is 0.920 bits per heavy atom. The topological polar surface area (TPSA) is 45.8 Å². The largest absolute Gasteiger partial charge is 0.323 e. The van der Waals surface area contributed by atoms with E-state index in [4.69, 9.17) is 0 Å². The van der Waals surface area contributed by atoms with Crippen LogP contribution in [0.15, 0.2) is 30.3 Å². The summed E-state index contributed by atoms with van der Waals surface area (Å²) in [6, 6.07) is 11.4. The second-order valence-corrected chi connectivity index (χ2v) is 11.0. The Hall–Kier alpha value is -0.803. The molecule has 0 saturated carbocycles. The molecule has 6 nitrogen and oxygen atoms in total. The van der Waals surface area contributed by atoms with E-state index < -0.39 is 8.56 Å². The monoisotopic (exact) mass is 360 g/mol. The molecule has 0 unspecified atom stereocenters. The molecule has 0 bridgehead atoms. The lowest BCUT2D eigenvalue weighted by atomic mass is 10.4. The normalized spacial score (nSPS) is 25.1. The summed E-state index contributed by atoms with van der Waals surface area (Å²) in [5, 5.41) is 12.3. The highest BCUT2D eigenvalue weighted by atomic mass is 28.4. The van der Waals surface area contributed by atoms with E-state index >= 15 is 0 Å². The first-order chi connectivity index (χ1) is 12.4. The summed E-state index contributed by atoms with van der Waals surface area (Å²) in [5.41, 5.74) is 0. The first kappa shape index (κ1) is 17.6. The number of nitrogens with one attached hydrogen (secondary N) is 3. The van der Waals surface area contributed by atoms with Crippen LogP contribution < -0.4 is 21.1 Å². The number of nitrogens with zero attached hydrogens (tertiary/aromatic N) is 3. The van der Waals surface area contributed by atoms with E-state index in [2.05, 4.69) is 60.0 Å². The average Bonchev–Trinajstić information content (AvgIpc) is 2.72. The van der Waals surface area contributed by atoms with Crippen molar-refractivity contribution in [2.24, 2.45) is 0 Å². The van der Waals surface area contributed by atoms with Gasteiger partial charge in [-0.2, -0.15) is 0 Å². The van der Waals surface area contributed by atoms with Crippen LogP contribution in [0.2, 0.25) is 0 Å². The van der Waals surface area contributed by atoms with E-state index in [9.17, 15) is 0 Å². The molecule has 138 valence electrons. The van der Waals surface area contributed by atoms with Crippen LogP contribution in [0.5, 0.6) is 0 Å². The van der Waals surface area contributed by atoms with Gasteiger partial charge in [-0.15, -0.1) is 0 Å². The molecule has 0 aliphatic carbocycles. The molecule has 0 spiro atoms. The van der Waals surface area contributed by atoms with Crippen molar-refractivity contribution in [1.82, 2.24) is 29.6 Å². The zero-order valence-electron chi connectivity index (χ0n) is 15.2. The summed E-state index contributed by atoms with van der Waals surface area (Å²) in [4.78, 5) is 0. The molecule has 3 aliphatic rings. The quantitative estimate of drug-likeness (QED) is 0.571. The third kappa shape index (κ3) is 3.42. The van der Waals surface area contributed by atoms with E-state index in [1.807, 2.05) is 0 Å². The summed E-state index contributed by atoms with van der Waals surface area (Å²) in [5.74, 6) is 0. The van der Waals surface area contributed by atoms with Gasteiger partial charge in [-0.25, -0.2) is 0 Å².